The number of likely N-dealkylation sites (N-methyl/N-ethyl adjacent to an activating group) is 1. The highest BCUT2D eigenvalue weighted by molar-refractivity contribution is 5.25. The van der Waals surface area contributed by atoms with Crippen molar-refractivity contribution in [2.24, 2.45) is 0 Å². The summed E-state index contributed by atoms with van der Waals surface area (Å²) in [6.07, 6.45) is 15.9. The van der Waals surface area contributed by atoms with Crippen LogP contribution in [-0.4, -0.2) is 25.0 Å². The fourth-order valence-electron chi connectivity index (χ4n) is 3.61. The molecule has 1 nitrogen and oxygen atoms in total. The highest BCUT2D eigenvalue weighted by Crippen LogP contribution is 2.27. The normalized spacial score (nSPS) is 13.8. The van der Waals surface area contributed by atoms with E-state index in [9.17, 15) is 0 Å². The van der Waals surface area contributed by atoms with Gasteiger partial charge in [0.1, 0.15) is 0 Å². The molecular formula is C23H39N. The van der Waals surface area contributed by atoms with Crippen molar-refractivity contribution in [1.82, 2.24) is 4.90 Å². The molecule has 0 fully saturated rings. The van der Waals surface area contributed by atoms with Gasteiger partial charge in [0.05, 0.1) is 0 Å². The molecule has 0 aliphatic rings. The van der Waals surface area contributed by atoms with E-state index in [0.29, 0.717) is 12.0 Å². The molecule has 0 radical (unpaired) electrons. The molecule has 0 aromatic heterocycles. The molecular weight excluding hydrogens is 290 g/mol. The molecule has 136 valence electrons. The van der Waals surface area contributed by atoms with Gasteiger partial charge in [0.25, 0.3) is 0 Å². The fraction of sp³-hybridized carbons (Fsp3) is 0.652. The zero-order valence-corrected chi connectivity index (χ0v) is 16.3. The molecule has 1 aromatic carbocycles. The summed E-state index contributed by atoms with van der Waals surface area (Å²) in [7, 11) is 4.41. The number of hydrogen-bond acceptors (Lipinski definition) is 1. The van der Waals surface area contributed by atoms with Crippen LogP contribution in [0.15, 0.2) is 43.0 Å². The van der Waals surface area contributed by atoms with Gasteiger partial charge in [-0.3, -0.25) is 0 Å². The first kappa shape index (κ1) is 21.0. The molecule has 2 atom stereocenters. The SMILES string of the molecule is C=CC(c1ccccc1)C(CCCCCCCCCCC)N(C)C. The van der Waals surface area contributed by atoms with Crippen LogP contribution in [-0.2, 0) is 0 Å². The van der Waals surface area contributed by atoms with E-state index in [-0.39, 0.29) is 0 Å². The second kappa shape index (κ2) is 13.2. The van der Waals surface area contributed by atoms with Crippen LogP contribution in [0.4, 0.5) is 0 Å². The fourth-order valence-corrected chi connectivity index (χ4v) is 3.61. The molecule has 1 aromatic rings. The maximum Gasteiger partial charge on any atom is 0.0192 e. The van der Waals surface area contributed by atoms with E-state index in [4.69, 9.17) is 0 Å². The molecule has 0 aliphatic carbocycles. The monoisotopic (exact) mass is 329 g/mol. The predicted octanol–water partition coefficient (Wildman–Crippen LogP) is 6.81. The summed E-state index contributed by atoms with van der Waals surface area (Å²) in [5.41, 5.74) is 1.39. The Hall–Kier alpha value is -1.08. The van der Waals surface area contributed by atoms with E-state index in [1.54, 1.807) is 0 Å². The summed E-state index contributed by atoms with van der Waals surface area (Å²) in [5, 5.41) is 0. The minimum Gasteiger partial charge on any atom is -0.306 e. The third-order valence-corrected chi connectivity index (χ3v) is 5.12. The standard InChI is InChI=1S/C23H39N/c1-5-7-8-9-10-11-12-13-17-20-23(24(3)4)22(6-2)21-18-15-14-16-19-21/h6,14-16,18-19,22-23H,2,5,7-13,17,20H2,1,3-4H3. The first-order valence-electron chi connectivity index (χ1n) is 10.0. The second-order valence-corrected chi connectivity index (χ2v) is 7.32. The maximum absolute atomic E-state index is 4.11. The van der Waals surface area contributed by atoms with Crippen molar-refractivity contribution < 1.29 is 0 Å². The van der Waals surface area contributed by atoms with Crippen LogP contribution in [0.3, 0.4) is 0 Å². The summed E-state index contributed by atoms with van der Waals surface area (Å²) >= 11 is 0. The largest absolute Gasteiger partial charge is 0.306 e. The quantitative estimate of drug-likeness (QED) is 0.268. The van der Waals surface area contributed by atoms with E-state index < -0.39 is 0 Å². The van der Waals surface area contributed by atoms with Crippen LogP contribution in [0.5, 0.6) is 0 Å². The van der Waals surface area contributed by atoms with Crippen molar-refractivity contribution >= 4 is 0 Å². The first-order chi connectivity index (χ1) is 11.7. The van der Waals surface area contributed by atoms with Crippen molar-refractivity contribution in [3.8, 4) is 0 Å². The second-order valence-electron chi connectivity index (χ2n) is 7.32. The van der Waals surface area contributed by atoms with E-state index in [1.807, 2.05) is 0 Å². The Morgan fingerprint density at radius 1 is 0.875 bits per heavy atom. The Kier molecular flexibility index (Phi) is 11.6. The Balaban J connectivity index is 2.32. The number of unbranched alkanes of at least 4 members (excludes halogenated alkanes) is 8. The van der Waals surface area contributed by atoms with E-state index in [0.717, 1.165) is 0 Å². The first-order valence-corrected chi connectivity index (χ1v) is 10.0. The number of rotatable bonds is 14. The number of benzene rings is 1. The molecule has 0 N–H and O–H groups in total. The summed E-state index contributed by atoms with van der Waals surface area (Å²) in [6.45, 7) is 6.39. The van der Waals surface area contributed by atoms with E-state index in [1.165, 1.54) is 69.8 Å². The van der Waals surface area contributed by atoms with Gasteiger partial charge in [-0.15, -0.1) is 6.58 Å². The molecule has 0 aliphatic heterocycles. The van der Waals surface area contributed by atoms with Gasteiger partial charge >= 0.3 is 0 Å². The topological polar surface area (TPSA) is 3.24 Å². The van der Waals surface area contributed by atoms with Crippen molar-refractivity contribution in [2.45, 2.75) is 83.1 Å². The Morgan fingerprint density at radius 3 is 1.92 bits per heavy atom. The molecule has 1 rings (SSSR count). The predicted molar refractivity (Wildman–Crippen MR) is 109 cm³/mol. The zero-order valence-electron chi connectivity index (χ0n) is 16.3. The van der Waals surface area contributed by atoms with E-state index >= 15 is 0 Å². The summed E-state index contributed by atoms with van der Waals surface area (Å²) in [6, 6.07) is 11.4. The molecule has 0 amide bonds. The summed E-state index contributed by atoms with van der Waals surface area (Å²) in [5.74, 6) is 0.426. The molecule has 0 heterocycles. The Bertz CT molecular complexity index is 409. The van der Waals surface area contributed by atoms with Crippen LogP contribution in [0, 0.1) is 0 Å². The van der Waals surface area contributed by atoms with Gasteiger partial charge in [0.15, 0.2) is 0 Å². The highest BCUT2D eigenvalue weighted by atomic mass is 15.1. The molecule has 0 saturated carbocycles. The van der Waals surface area contributed by atoms with Gasteiger partial charge in [-0.2, -0.15) is 0 Å². The molecule has 0 bridgehead atoms. The molecule has 0 spiro atoms. The van der Waals surface area contributed by atoms with Gasteiger partial charge in [-0.25, -0.2) is 0 Å². The maximum atomic E-state index is 4.11. The van der Waals surface area contributed by atoms with Crippen LogP contribution in [0.2, 0.25) is 0 Å². The van der Waals surface area contributed by atoms with Gasteiger partial charge in [-0.05, 0) is 26.1 Å². The molecule has 24 heavy (non-hydrogen) atoms. The van der Waals surface area contributed by atoms with Crippen LogP contribution in [0.1, 0.15) is 82.6 Å². The number of hydrogen-bond donors (Lipinski definition) is 0. The lowest BCUT2D eigenvalue weighted by molar-refractivity contribution is 0.252. The van der Waals surface area contributed by atoms with Crippen molar-refractivity contribution in [3.63, 3.8) is 0 Å². The van der Waals surface area contributed by atoms with Crippen molar-refractivity contribution in [3.05, 3.63) is 48.6 Å². The minimum atomic E-state index is 0.426. The van der Waals surface area contributed by atoms with Crippen LogP contribution >= 0.6 is 0 Å². The van der Waals surface area contributed by atoms with Crippen molar-refractivity contribution in [1.29, 1.82) is 0 Å². The molecule has 2 unspecified atom stereocenters. The van der Waals surface area contributed by atoms with Gasteiger partial charge in [-0.1, -0.05) is 101 Å². The third kappa shape index (κ3) is 8.15. The van der Waals surface area contributed by atoms with Gasteiger partial charge in [0.2, 0.25) is 0 Å². The lowest BCUT2D eigenvalue weighted by Gasteiger charge is -2.31. The van der Waals surface area contributed by atoms with Gasteiger partial charge < -0.3 is 4.90 Å². The number of nitrogens with zero attached hydrogens (tertiary/aromatic N) is 1. The van der Waals surface area contributed by atoms with Crippen LogP contribution < -0.4 is 0 Å². The smallest absolute Gasteiger partial charge is 0.0192 e. The van der Waals surface area contributed by atoms with Crippen LogP contribution in [0.25, 0.3) is 0 Å². The summed E-state index contributed by atoms with van der Waals surface area (Å²) < 4.78 is 0. The van der Waals surface area contributed by atoms with Crippen molar-refractivity contribution in [2.75, 3.05) is 14.1 Å². The third-order valence-electron chi connectivity index (χ3n) is 5.12. The van der Waals surface area contributed by atoms with Gasteiger partial charge in [0, 0.05) is 12.0 Å². The minimum absolute atomic E-state index is 0.426. The summed E-state index contributed by atoms with van der Waals surface area (Å²) in [4.78, 5) is 2.38. The highest BCUT2D eigenvalue weighted by Gasteiger charge is 2.21. The lowest BCUT2D eigenvalue weighted by Crippen LogP contribution is -2.33. The Morgan fingerprint density at radius 2 is 1.42 bits per heavy atom. The zero-order chi connectivity index (χ0) is 17.6. The molecule has 1 heteroatoms. The molecule has 0 saturated heterocycles. The lowest BCUT2D eigenvalue weighted by atomic mass is 9.87. The Labute approximate surface area is 151 Å². The average molecular weight is 330 g/mol. The van der Waals surface area contributed by atoms with E-state index in [2.05, 4.69) is 68.9 Å². The average Bonchev–Trinajstić information content (AvgIpc) is 2.60.